The SMILES string of the molecule is CCCn1cc(CNC(=O)CC23CC4CC(CC(C4)C2)C3)cn1. The molecule has 0 radical (unpaired) electrons. The number of hydrogen-bond donors (Lipinski definition) is 1. The first-order valence-corrected chi connectivity index (χ1v) is 9.42. The van der Waals surface area contributed by atoms with Crippen LogP contribution in [-0.2, 0) is 17.9 Å². The van der Waals surface area contributed by atoms with Crippen molar-refractivity contribution >= 4 is 5.91 Å². The lowest BCUT2D eigenvalue weighted by molar-refractivity contribution is -0.129. The van der Waals surface area contributed by atoms with Crippen molar-refractivity contribution < 1.29 is 4.79 Å². The normalized spacial score (nSPS) is 34.7. The van der Waals surface area contributed by atoms with Gasteiger partial charge < -0.3 is 5.32 Å². The van der Waals surface area contributed by atoms with E-state index >= 15 is 0 Å². The third kappa shape index (κ3) is 3.17. The molecule has 4 nitrogen and oxygen atoms in total. The molecular formula is C19H29N3O. The molecule has 0 saturated heterocycles. The first-order chi connectivity index (χ1) is 11.1. The van der Waals surface area contributed by atoms with E-state index in [1.807, 2.05) is 10.9 Å². The molecule has 4 aliphatic carbocycles. The predicted molar refractivity (Wildman–Crippen MR) is 89.6 cm³/mol. The lowest BCUT2D eigenvalue weighted by Gasteiger charge is -2.56. The molecule has 0 atom stereocenters. The largest absolute Gasteiger partial charge is 0.352 e. The molecule has 0 unspecified atom stereocenters. The Morgan fingerprint density at radius 3 is 2.52 bits per heavy atom. The van der Waals surface area contributed by atoms with Gasteiger partial charge in [-0.3, -0.25) is 9.48 Å². The van der Waals surface area contributed by atoms with Crippen LogP contribution in [0.4, 0.5) is 0 Å². The van der Waals surface area contributed by atoms with Crippen LogP contribution in [0.1, 0.15) is 63.9 Å². The number of amides is 1. The maximum atomic E-state index is 12.5. The molecule has 4 fully saturated rings. The molecule has 126 valence electrons. The van der Waals surface area contributed by atoms with E-state index in [1.165, 1.54) is 38.5 Å². The zero-order valence-corrected chi connectivity index (χ0v) is 14.3. The topological polar surface area (TPSA) is 46.9 Å². The number of rotatable bonds is 6. The second-order valence-electron chi connectivity index (χ2n) is 8.48. The van der Waals surface area contributed by atoms with Crippen LogP contribution in [-0.4, -0.2) is 15.7 Å². The van der Waals surface area contributed by atoms with Gasteiger partial charge >= 0.3 is 0 Å². The van der Waals surface area contributed by atoms with E-state index in [4.69, 9.17) is 0 Å². The fourth-order valence-electron chi connectivity index (χ4n) is 5.96. The van der Waals surface area contributed by atoms with Crippen molar-refractivity contribution in [3.8, 4) is 0 Å². The first kappa shape index (κ1) is 15.2. The Labute approximate surface area is 139 Å². The molecule has 1 aromatic rings. The van der Waals surface area contributed by atoms with Crippen molar-refractivity contribution in [1.29, 1.82) is 0 Å². The molecule has 1 aromatic heterocycles. The molecule has 4 saturated carbocycles. The van der Waals surface area contributed by atoms with Crippen LogP contribution >= 0.6 is 0 Å². The van der Waals surface area contributed by atoms with Crippen molar-refractivity contribution in [1.82, 2.24) is 15.1 Å². The predicted octanol–water partition coefficient (Wildman–Crippen LogP) is 3.52. The summed E-state index contributed by atoms with van der Waals surface area (Å²) in [5, 5.41) is 7.47. The van der Waals surface area contributed by atoms with Crippen LogP contribution in [0.3, 0.4) is 0 Å². The van der Waals surface area contributed by atoms with Gasteiger partial charge in [-0.2, -0.15) is 5.10 Å². The summed E-state index contributed by atoms with van der Waals surface area (Å²) in [6.07, 6.45) is 14.0. The van der Waals surface area contributed by atoms with E-state index in [2.05, 4.69) is 23.5 Å². The number of aryl methyl sites for hydroxylation is 1. The van der Waals surface area contributed by atoms with Gasteiger partial charge in [-0.1, -0.05) is 6.92 Å². The van der Waals surface area contributed by atoms with Crippen LogP contribution in [0.2, 0.25) is 0 Å². The van der Waals surface area contributed by atoms with Gasteiger partial charge in [-0.15, -0.1) is 0 Å². The lowest BCUT2D eigenvalue weighted by Crippen LogP contribution is -2.47. The highest BCUT2D eigenvalue weighted by Gasteiger charge is 2.51. The van der Waals surface area contributed by atoms with Crippen LogP contribution in [0.15, 0.2) is 12.4 Å². The number of hydrogen-bond acceptors (Lipinski definition) is 2. The van der Waals surface area contributed by atoms with Gasteiger partial charge in [-0.05, 0) is 68.1 Å². The maximum absolute atomic E-state index is 12.5. The van der Waals surface area contributed by atoms with Gasteiger partial charge in [0, 0.05) is 31.3 Å². The summed E-state index contributed by atoms with van der Waals surface area (Å²) >= 11 is 0. The van der Waals surface area contributed by atoms with Gasteiger partial charge in [0.25, 0.3) is 0 Å². The standard InChI is InChI=1S/C19H29N3O/c1-2-3-22-13-17(12-21-22)11-20-18(23)10-19-7-14-4-15(8-19)6-16(5-14)9-19/h12-16H,2-11H2,1H3,(H,20,23). The highest BCUT2D eigenvalue weighted by molar-refractivity contribution is 5.76. The highest BCUT2D eigenvalue weighted by atomic mass is 16.1. The molecule has 23 heavy (non-hydrogen) atoms. The van der Waals surface area contributed by atoms with E-state index in [-0.39, 0.29) is 5.91 Å². The quantitative estimate of drug-likeness (QED) is 0.873. The summed E-state index contributed by atoms with van der Waals surface area (Å²) in [4.78, 5) is 12.5. The molecule has 5 rings (SSSR count). The molecule has 1 amide bonds. The van der Waals surface area contributed by atoms with Gasteiger partial charge in [-0.25, -0.2) is 0 Å². The van der Waals surface area contributed by atoms with Crippen LogP contribution in [0.5, 0.6) is 0 Å². The summed E-state index contributed by atoms with van der Waals surface area (Å²) < 4.78 is 1.96. The fraction of sp³-hybridized carbons (Fsp3) is 0.789. The number of nitrogens with one attached hydrogen (secondary N) is 1. The Balaban J connectivity index is 1.31. The molecule has 4 heteroatoms. The molecule has 4 aliphatic rings. The number of aromatic nitrogens is 2. The Morgan fingerprint density at radius 1 is 1.26 bits per heavy atom. The summed E-state index contributed by atoms with van der Waals surface area (Å²) in [5.74, 6) is 3.00. The highest BCUT2D eigenvalue weighted by Crippen LogP contribution is 2.61. The van der Waals surface area contributed by atoms with Gasteiger partial charge in [0.15, 0.2) is 0 Å². The Kier molecular flexibility index (Phi) is 3.94. The second kappa shape index (κ2) is 5.95. The third-order valence-electron chi connectivity index (χ3n) is 6.33. The van der Waals surface area contributed by atoms with E-state index < -0.39 is 0 Å². The Hall–Kier alpha value is -1.32. The smallest absolute Gasteiger partial charge is 0.220 e. The lowest BCUT2D eigenvalue weighted by atomic mass is 9.49. The van der Waals surface area contributed by atoms with Crippen molar-refractivity contribution in [3.05, 3.63) is 18.0 Å². The number of carbonyl (C=O) groups excluding carboxylic acids is 1. The Morgan fingerprint density at radius 2 is 1.91 bits per heavy atom. The van der Waals surface area contributed by atoms with Crippen LogP contribution in [0, 0.1) is 23.2 Å². The zero-order chi connectivity index (χ0) is 15.9. The average molecular weight is 315 g/mol. The van der Waals surface area contributed by atoms with Crippen LogP contribution in [0.25, 0.3) is 0 Å². The molecular weight excluding hydrogens is 286 g/mol. The maximum Gasteiger partial charge on any atom is 0.220 e. The fourth-order valence-corrected chi connectivity index (χ4v) is 5.96. The molecule has 4 bridgehead atoms. The molecule has 0 spiro atoms. The summed E-state index contributed by atoms with van der Waals surface area (Å²) in [6, 6.07) is 0. The summed E-state index contributed by atoms with van der Waals surface area (Å²) in [6.45, 7) is 3.71. The summed E-state index contributed by atoms with van der Waals surface area (Å²) in [7, 11) is 0. The monoisotopic (exact) mass is 315 g/mol. The third-order valence-corrected chi connectivity index (χ3v) is 6.33. The molecule has 0 aliphatic heterocycles. The summed E-state index contributed by atoms with van der Waals surface area (Å²) in [5.41, 5.74) is 1.45. The van der Waals surface area contributed by atoms with E-state index in [0.717, 1.165) is 42.7 Å². The minimum Gasteiger partial charge on any atom is -0.352 e. The molecule has 1 heterocycles. The van der Waals surface area contributed by atoms with Gasteiger partial charge in [0.1, 0.15) is 0 Å². The average Bonchev–Trinajstić information content (AvgIpc) is 2.91. The van der Waals surface area contributed by atoms with Crippen molar-refractivity contribution in [2.24, 2.45) is 23.2 Å². The van der Waals surface area contributed by atoms with Crippen molar-refractivity contribution in [2.45, 2.75) is 71.4 Å². The Bertz CT molecular complexity index is 542. The van der Waals surface area contributed by atoms with E-state index in [9.17, 15) is 4.79 Å². The zero-order valence-electron chi connectivity index (χ0n) is 14.3. The van der Waals surface area contributed by atoms with Crippen molar-refractivity contribution in [2.75, 3.05) is 0 Å². The molecule has 0 aromatic carbocycles. The first-order valence-electron chi connectivity index (χ1n) is 9.42. The van der Waals surface area contributed by atoms with E-state index in [1.54, 1.807) is 0 Å². The van der Waals surface area contributed by atoms with Gasteiger partial charge in [0.2, 0.25) is 5.91 Å². The minimum absolute atomic E-state index is 0.246. The second-order valence-corrected chi connectivity index (χ2v) is 8.48. The van der Waals surface area contributed by atoms with Gasteiger partial charge in [0.05, 0.1) is 6.20 Å². The number of carbonyl (C=O) groups is 1. The van der Waals surface area contributed by atoms with E-state index in [0.29, 0.717) is 12.0 Å². The number of nitrogens with zero attached hydrogens (tertiary/aromatic N) is 2. The van der Waals surface area contributed by atoms with Crippen LogP contribution < -0.4 is 5.32 Å². The molecule has 1 N–H and O–H groups in total. The minimum atomic E-state index is 0.246. The van der Waals surface area contributed by atoms with Crippen molar-refractivity contribution in [3.63, 3.8) is 0 Å².